The predicted molar refractivity (Wildman–Crippen MR) is 91.9 cm³/mol. The Kier molecular flexibility index (Phi) is 5.60. The lowest BCUT2D eigenvalue weighted by Gasteiger charge is -2.19. The normalized spacial score (nSPS) is 12.6. The molecule has 0 radical (unpaired) electrons. The molecule has 0 fully saturated rings. The molecular formula is C16H22IN3. The van der Waals surface area contributed by atoms with Gasteiger partial charge in [-0.25, -0.2) is 0 Å². The van der Waals surface area contributed by atoms with Gasteiger partial charge >= 0.3 is 0 Å². The molecule has 1 heterocycles. The topological polar surface area (TPSA) is 29.9 Å². The molecule has 1 N–H and O–H groups in total. The van der Waals surface area contributed by atoms with Gasteiger partial charge in [-0.15, -0.1) is 0 Å². The van der Waals surface area contributed by atoms with E-state index in [4.69, 9.17) is 0 Å². The van der Waals surface area contributed by atoms with Crippen LogP contribution in [0.5, 0.6) is 0 Å². The molecule has 0 aliphatic rings. The van der Waals surface area contributed by atoms with Gasteiger partial charge in [0, 0.05) is 28.3 Å². The van der Waals surface area contributed by atoms with Gasteiger partial charge < -0.3 is 5.32 Å². The number of nitrogens with one attached hydrogen (secondary N) is 1. The van der Waals surface area contributed by atoms with Crippen molar-refractivity contribution in [3.8, 4) is 0 Å². The first-order valence-corrected chi connectivity index (χ1v) is 8.24. The lowest BCUT2D eigenvalue weighted by molar-refractivity contribution is 0.516. The highest BCUT2D eigenvalue weighted by Crippen LogP contribution is 2.21. The van der Waals surface area contributed by atoms with Crippen LogP contribution < -0.4 is 5.32 Å². The minimum absolute atomic E-state index is 0.344. The van der Waals surface area contributed by atoms with Crippen molar-refractivity contribution in [2.24, 2.45) is 0 Å². The van der Waals surface area contributed by atoms with Crippen LogP contribution in [0.1, 0.15) is 36.8 Å². The second kappa shape index (κ2) is 7.22. The minimum atomic E-state index is 0.344. The average molecular weight is 383 g/mol. The molecule has 20 heavy (non-hydrogen) atoms. The summed E-state index contributed by atoms with van der Waals surface area (Å²) in [4.78, 5) is 0. The van der Waals surface area contributed by atoms with Crippen LogP contribution in [0.2, 0.25) is 0 Å². The second-order valence-electron chi connectivity index (χ2n) is 4.96. The van der Waals surface area contributed by atoms with Crippen LogP contribution in [0.4, 0.5) is 0 Å². The Morgan fingerprint density at radius 1 is 1.30 bits per heavy atom. The largest absolute Gasteiger partial charge is 0.310 e. The number of hydrogen-bond donors (Lipinski definition) is 1. The smallest absolute Gasteiger partial charge is 0.0596 e. The standard InChI is InChI=1S/C16H22IN3/c1-4-18-16(13-7-6-8-14(17)10-13)11-15-9-12(3)19-20(15)5-2/h6-10,16,18H,4-5,11H2,1-3H3. The van der Waals surface area contributed by atoms with Gasteiger partial charge in [-0.1, -0.05) is 19.1 Å². The molecule has 0 saturated carbocycles. The van der Waals surface area contributed by atoms with Crippen molar-refractivity contribution in [2.75, 3.05) is 6.54 Å². The van der Waals surface area contributed by atoms with Gasteiger partial charge in [-0.3, -0.25) is 4.68 Å². The molecule has 4 heteroatoms. The van der Waals surface area contributed by atoms with E-state index in [1.54, 1.807) is 0 Å². The van der Waals surface area contributed by atoms with Crippen molar-refractivity contribution >= 4 is 22.6 Å². The van der Waals surface area contributed by atoms with E-state index in [-0.39, 0.29) is 0 Å². The van der Waals surface area contributed by atoms with Gasteiger partial charge in [-0.2, -0.15) is 5.10 Å². The molecule has 0 bridgehead atoms. The fourth-order valence-corrected chi connectivity index (χ4v) is 3.09. The Labute approximate surface area is 134 Å². The minimum Gasteiger partial charge on any atom is -0.310 e. The summed E-state index contributed by atoms with van der Waals surface area (Å²) in [7, 11) is 0. The van der Waals surface area contributed by atoms with Crippen LogP contribution in [-0.4, -0.2) is 16.3 Å². The molecule has 3 nitrogen and oxygen atoms in total. The molecule has 1 atom stereocenters. The molecule has 0 saturated heterocycles. The molecule has 1 unspecified atom stereocenters. The van der Waals surface area contributed by atoms with E-state index in [1.807, 2.05) is 0 Å². The van der Waals surface area contributed by atoms with Crippen LogP contribution in [0.25, 0.3) is 0 Å². The number of rotatable bonds is 6. The number of benzene rings is 1. The summed E-state index contributed by atoms with van der Waals surface area (Å²) in [5, 5.41) is 8.13. The van der Waals surface area contributed by atoms with Gasteiger partial charge in [0.15, 0.2) is 0 Å². The van der Waals surface area contributed by atoms with E-state index in [9.17, 15) is 0 Å². The van der Waals surface area contributed by atoms with Crippen LogP contribution in [0.3, 0.4) is 0 Å². The van der Waals surface area contributed by atoms with Crippen molar-refractivity contribution < 1.29 is 0 Å². The van der Waals surface area contributed by atoms with Crippen molar-refractivity contribution in [1.29, 1.82) is 0 Å². The lowest BCUT2D eigenvalue weighted by Crippen LogP contribution is -2.24. The summed E-state index contributed by atoms with van der Waals surface area (Å²) in [6.07, 6.45) is 0.975. The Morgan fingerprint density at radius 2 is 2.10 bits per heavy atom. The summed E-state index contributed by atoms with van der Waals surface area (Å²) in [6, 6.07) is 11.3. The van der Waals surface area contributed by atoms with E-state index < -0.39 is 0 Å². The zero-order chi connectivity index (χ0) is 14.5. The highest BCUT2D eigenvalue weighted by atomic mass is 127. The highest BCUT2D eigenvalue weighted by Gasteiger charge is 2.14. The Hall–Kier alpha value is -0.880. The SMILES string of the molecule is CCNC(Cc1cc(C)nn1CC)c1cccc(I)c1. The average Bonchev–Trinajstić information content (AvgIpc) is 2.78. The predicted octanol–water partition coefficient (Wildman–Crippen LogP) is 3.71. The first-order valence-electron chi connectivity index (χ1n) is 7.16. The molecule has 1 aromatic carbocycles. The molecule has 0 spiro atoms. The Bertz CT molecular complexity index is 563. The van der Waals surface area contributed by atoms with Crippen molar-refractivity contribution in [3.63, 3.8) is 0 Å². The van der Waals surface area contributed by atoms with E-state index in [0.717, 1.165) is 25.2 Å². The number of hydrogen-bond acceptors (Lipinski definition) is 2. The zero-order valence-corrected chi connectivity index (χ0v) is 14.5. The van der Waals surface area contributed by atoms with Gasteiger partial charge in [0.05, 0.1) is 5.69 Å². The van der Waals surface area contributed by atoms with Crippen molar-refractivity contribution in [1.82, 2.24) is 15.1 Å². The van der Waals surface area contributed by atoms with E-state index in [2.05, 4.69) is 88.8 Å². The Morgan fingerprint density at radius 3 is 2.75 bits per heavy atom. The fourth-order valence-electron chi connectivity index (χ4n) is 2.52. The van der Waals surface area contributed by atoms with E-state index >= 15 is 0 Å². The van der Waals surface area contributed by atoms with Crippen LogP contribution >= 0.6 is 22.6 Å². The maximum absolute atomic E-state index is 4.54. The zero-order valence-electron chi connectivity index (χ0n) is 12.4. The maximum atomic E-state index is 4.54. The van der Waals surface area contributed by atoms with Crippen molar-refractivity contribution in [3.05, 3.63) is 50.9 Å². The maximum Gasteiger partial charge on any atom is 0.0596 e. The van der Waals surface area contributed by atoms with E-state index in [1.165, 1.54) is 14.8 Å². The molecule has 108 valence electrons. The summed E-state index contributed by atoms with van der Waals surface area (Å²) in [5.41, 5.74) is 3.75. The third-order valence-corrected chi connectivity index (χ3v) is 4.07. The summed E-state index contributed by atoms with van der Waals surface area (Å²) >= 11 is 2.37. The molecule has 0 aliphatic carbocycles. The number of likely N-dealkylation sites (N-methyl/N-ethyl adjacent to an activating group) is 1. The Balaban J connectivity index is 2.25. The monoisotopic (exact) mass is 383 g/mol. The lowest BCUT2D eigenvalue weighted by atomic mass is 10.0. The van der Waals surface area contributed by atoms with Crippen LogP contribution in [0.15, 0.2) is 30.3 Å². The molecule has 2 aromatic rings. The molecular weight excluding hydrogens is 361 g/mol. The van der Waals surface area contributed by atoms with Crippen LogP contribution in [-0.2, 0) is 13.0 Å². The third kappa shape index (κ3) is 3.82. The number of aryl methyl sites for hydroxylation is 2. The quantitative estimate of drug-likeness (QED) is 0.771. The molecule has 0 aliphatic heterocycles. The number of nitrogens with zero attached hydrogens (tertiary/aromatic N) is 2. The summed E-state index contributed by atoms with van der Waals surface area (Å²) < 4.78 is 3.39. The van der Waals surface area contributed by atoms with Gasteiger partial charge in [0.1, 0.15) is 0 Å². The van der Waals surface area contributed by atoms with Crippen LogP contribution in [0, 0.1) is 10.5 Å². The van der Waals surface area contributed by atoms with E-state index in [0.29, 0.717) is 6.04 Å². The molecule has 2 rings (SSSR count). The first kappa shape index (κ1) is 15.5. The molecule has 1 aromatic heterocycles. The first-order chi connectivity index (χ1) is 9.63. The second-order valence-corrected chi connectivity index (χ2v) is 6.21. The molecule has 0 amide bonds. The number of halogens is 1. The third-order valence-electron chi connectivity index (χ3n) is 3.40. The highest BCUT2D eigenvalue weighted by molar-refractivity contribution is 14.1. The van der Waals surface area contributed by atoms with Gasteiger partial charge in [0.25, 0.3) is 0 Å². The number of aromatic nitrogens is 2. The van der Waals surface area contributed by atoms with Gasteiger partial charge in [0.2, 0.25) is 0 Å². The van der Waals surface area contributed by atoms with Gasteiger partial charge in [-0.05, 0) is 66.7 Å². The summed E-state index contributed by atoms with van der Waals surface area (Å²) in [5.74, 6) is 0. The van der Waals surface area contributed by atoms with Crippen molar-refractivity contribution in [2.45, 2.75) is 39.8 Å². The fraction of sp³-hybridized carbons (Fsp3) is 0.438. The summed E-state index contributed by atoms with van der Waals surface area (Å²) in [6.45, 7) is 8.25.